The molecule has 2 aromatic carbocycles. The highest BCUT2D eigenvalue weighted by Crippen LogP contribution is 2.30. The molecule has 0 radical (unpaired) electrons. The Balaban J connectivity index is 1.33. The molecule has 1 aliphatic carbocycles. The summed E-state index contributed by atoms with van der Waals surface area (Å²) in [4.78, 5) is 5.31. The van der Waals surface area contributed by atoms with Crippen LogP contribution in [0.5, 0.6) is 11.5 Å². The number of nitrogens with zero attached hydrogens (tertiary/aromatic N) is 2. The van der Waals surface area contributed by atoms with Gasteiger partial charge in [0, 0.05) is 38.8 Å². The highest BCUT2D eigenvalue weighted by atomic mass is 16.5. The molecule has 4 heteroatoms. The van der Waals surface area contributed by atoms with Gasteiger partial charge in [-0.3, -0.25) is 9.80 Å². The molecular weight excluding hydrogens is 360 g/mol. The molecule has 0 bridgehead atoms. The van der Waals surface area contributed by atoms with Gasteiger partial charge in [0.05, 0.1) is 7.11 Å². The van der Waals surface area contributed by atoms with E-state index in [2.05, 4.69) is 34.1 Å². The third kappa shape index (κ3) is 5.52. The first-order valence-electron chi connectivity index (χ1n) is 11.1. The monoisotopic (exact) mass is 394 g/mol. The fraction of sp³-hybridized carbons (Fsp3) is 0.520. The summed E-state index contributed by atoms with van der Waals surface area (Å²) in [6, 6.07) is 17.5. The molecule has 1 saturated heterocycles. The summed E-state index contributed by atoms with van der Waals surface area (Å²) in [5.41, 5.74) is 2.46. The Labute approximate surface area is 175 Å². The normalized spacial score (nSPS) is 19.2. The lowest BCUT2D eigenvalue weighted by Crippen LogP contribution is -2.50. The molecule has 0 N–H and O–H groups in total. The summed E-state index contributed by atoms with van der Waals surface area (Å²) in [5, 5.41) is 0. The molecule has 1 saturated carbocycles. The van der Waals surface area contributed by atoms with Gasteiger partial charge in [0.2, 0.25) is 0 Å². The van der Waals surface area contributed by atoms with Crippen LogP contribution < -0.4 is 9.47 Å². The maximum absolute atomic E-state index is 6.09. The lowest BCUT2D eigenvalue weighted by molar-refractivity contribution is 0.0754. The van der Waals surface area contributed by atoms with Crippen LogP contribution in [0.4, 0.5) is 0 Å². The zero-order valence-corrected chi connectivity index (χ0v) is 17.7. The van der Waals surface area contributed by atoms with Crippen molar-refractivity contribution >= 4 is 0 Å². The Morgan fingerprint density at radius 3 is 2.31 bits per heavy atom. The Kier molecular flexibility index (Phi) is 7.07. The van der Waals surface area contributed by atoms with E-state index in [-0.39, 0.29) is 0 Å². The van der Waals surface area contributed by atoms with Gasteiger partial charge in [-0.05, 0) is 36.1 Å². The third-order valence-electron chi connectivity index (χ3n) is 6.37. The maximum Gasteiger partial charge on any atom is 0.161 e. The molecule has 4 nitrogen and oxygen atoms in total. The Hall–Kier alpha value is -2.04. The van der Waals surface area contributed by atoms with Crippen LogP contribution in [-0.2, 0) is 13.2 Å². The van der Waals surface area contributed by atoms with E-state index in [0.29, 0.717) is 6.61 Å². The Bertz CT molecular complexity index is 751. The molecule has 1 aliphatic heterocycles. The van der Waals surface area contributed by atoms with Gasteiger partial charge in [0.15, 0.2) is 11.5 Å². The van der Waals surface area contributed by atoms with E-state index in [1.165, 1.54) is 56.3 Å². The number of hydrogen-bond acceptors (Lipinski definition) is 4. The minimum absolute atomic E-state index is 0.556. The Morgan fingerprint density at radius 1 is 0.828 bits per heavy atom. The number of methoxy groups -OCH3 is 1. The number of piperazine rings is 1. The van der Waals surface area contributed by atoms with Gasteiger partial charge >= 0.3 is 0 Å². The molecule has 2 fully saturated rings. The molecule has 2 aromatic rings. The summed E-state index contributed by atoms with van der Waals surface area (Å²) < 4.78 is 11.6. The number of ether oxygens (including phenoxy) is 2. The zero-order valence-electron chi connectivity index (χ0n) is 17.7. The van der Waals surface area contributed by atoms with Gasteiger partial charge in [-0.25, -0.2) is 0 Å². The van der Waals surface area contributed by atoms with E-state index in [0.717, 1.165) is 37.2 Å². The van der Waals surface area contributed by atoms with E-state index < -0.39 is 0 Å². The zero-order chi connectivity index (χ0) is 19.9. The van der Waals surface area contributed by atoms with E-state index in [1.807, 2.05) is 24.3 Å². The summed E-state index contributed by atoms with van der Waals surface area (Å²) in [7, 11) is 1.70. The summed E-state index contributed by atoms with van der Waals surface area (Å²) in [6.45, 7) is 6.26. The van der Waals surface area contributed by atoms with Gasteiger partial charge in [0.1, 0.15) is 6.61 Å². The van der Waals surface area contributed by atoms with Crippen molar-refractivity contribution in [1.82, 2.24) is 9.80 Å². The van der Waals surface area contributed by atoms with E-state index in [4.69, 9.17) is 9.47 Å². The van der Waals surface area contributed by atoms with Crippen molar-refractivity contribution in [3.63, 3.8) is 0 Å². The molecule has 0 atom stereocenters. The van der Waals surface area contributed by atoms with Crippen LogP contribution in [0.3, 0.4) is 0 Å². The highest BCUT2D eigenvalue weighted by molar-refractivity contribution is 5.43. The number of benzene rings is 2. The van der Waals surface area contributed by atoms with Gasteiger partial charge in [-0.15, -0.1) is 0 Å². The quantitative estimate of drug-likeness (QED) is 0.678. The van der Waals surface area contributed by atoms with Crippen molar-refractivity contribution in [3.05, 3.63) is 59.7 Å². The van der Waals surface area contributed by atoms with Crippen LogP contribution in [0.2, 0.25) is 0 Å². The fourth-order valence-corrected chi connectivity index (χ4v) is 4.66. The van der Waals surface area contributed by atoms with Crippen LogP contribution in [0, 0.1) is 0 Å². The molecule has 29 heavy (non-hydrogen) atoms. The Morgan fingerprint density at radius 2 is 1.59 bits per heavy atom. The smallest absolute Gasteiger partial charge is 0.161 e. The van der Waals surface area contributed by atoms with Crippen LogP contribution in [0.15, 0.2) is 48.5 Å². The van der Waals surface area contributed by atoms with Gasteiger partial charge in [-0.1, -0.05) is 55.7 Å². The van der Waals surface area contributed by atoms with Crippen molar-refractivity contribution in [2.75, 3.05) is 33.3 Å². The topological polar surface area (TPSA) is 24.9 Å². The van der Waals surface area contributed by atoms with Crippen LogP contribution in [0.25, 0.3) is 0 Å². The number of rotatable bonds is 7. The van der Waals surface area contributed by atoms with Crippen molar-refractivity contribution in [1.29, 1.82) is 0 Å². The van der Waals surface area contributed by atoms with Crippen LogP contribution >= 0.6 is 0 Å². The molecule has 0 amide bonds. The maximum atomic E-state index is 6.09. The highest BCUT2D eigenvalue weighted by Gasteiger charge is 2.25. The summed E-state index contributed by atoms with van der Waals surface area (Å²) in [5.74, 6) is 1.63. The molecule has 0 unspecified atom stereocenters. The molecule has 1 heterocycles. The minimum Gasteiger partial charge on any atom is -0.493 e. The second-order valence-corrected chi connectivity index (χ2v) is 8.36. The first kappa shape index (κ1) is 20.2. The summed E-state index contributed by atoms with van der Waals surface area (Å²) in [6.07, 6.45) is 7.08. The largest absolute Gasteiger partial charge is 0.493 e. The molecule has 156 valence electrons. The van der Waals surface area contributed by atoms with Crippen LogP contribution in [-0.4, -0.2) is 49.1 Å². The average molecular weight is 395 g/mol. The molecule has 4 rings (SSSR count). The minimum atomic E-state index is 0.556. The van der Waals surface area contributed by atoms with Gasteiger partial charge < -0.3 is 9.47 Å². The molecule has 2 aliphatic rings. The SMILES string of the molecule is COc1ccc(CN2CCN(C3CCCCC3)CC2)cc1OCc1ccccc1. The van der Waals surface area contributed by atoms with Crippen molar-refractivity contribution in [3.8, 4) is 11.5 Å². The fourth-order valence-electron chi connectivity index (χ4n) is 4.66. The first-order valence-corrected chi connectivity index (χ1v) is 11.1. The molecular formula is C25H34N2O2. The van der Waals surface area contributed by atoms with E-state index >= 15 is 0 Å². The average Bonchev–Trinajstić information content (AvgIpc) is 2.80. The van der Waals surface area contributed by atoms with Crippen molar-refractivity contribution in [2.24, 2.45) is 0 Å². The third-order valence-corrected chi connectivity index (χ3v) is 6.37. The van der Waals surface area contributed by atoms with Crippen molar-refractivity contribution < 1.29 is 9.47 Å². The first-order chi connectivity index (χ1) is 14.3. The summed E-state index contributed by atoms with van der Waals surface area (Å²) >= 11 is 0. The van der Waals surface area contributed by atoms with Gasteiger partial charge in [-0.2, -0.15) is 0 Å². The second-order valence-electron chi connectivity index (χ2n) is 8.36. The molecule has 0 aromatic heterocycles. The standard InChI is InChI=1S/C25H34N2O2/c1-28-24-13-12-22(18-25(24)29-20-21-8-4-2-5-9-21)19-26-14-16-27(17-15-26)23-10-6-3-7-11-23/h2,4-5,8-9,12-13,18,23H,3,6-7,10-11,14-17,19-20H2,1H3. The molecule has 0 spiro atoms. The van der Waals surface area contributed by atoms with Crippen molar-refractivity contribution in [2.45, 2.75) is 51.3 Å². The van der Waals surface area contributed by atoms with Gasteiger partial charge in [0.25, 0.3) is 0 Å². The lowest BCUT2D eigenvalue weighted by atomic mass is 9.94. The van der Waals surface area contributed by atoms with Crippen LogP contribution in [0.1, 0.15) is 43.2 Å². The lowest BCUT2D eigenvalue weighted by Gasteiger charge is -2.40. The second kappa shape index (κ2) is 10.1. The van der Waals surface area contributed by atoms with E-state index in [1.54, 1.807) is 7.11 Å². The predicted molar refractivity (Wildman–Crippen MR) is 117 cm³/mol. The predicted octanol–water partition coefficient (Wildman–Crippen LogP) is 4.72. The number of hydrogen-bond donors (Lipinski definition) is 0. The van der Waals surface area contributed by atoms with E-state index in [9.17, 15) is 0 Å².